The second-order valence-corrected chi connectivity index (χ2v) is 2.36. The van der Waals surface area contributed by atoms with Gasteiger partial charge >= 0.3 is 5.97 Å². The van der Waals surface area contributed by atoms with E-state index in [-0.39, 0.29) is 5.69 Å². The van der Waals surface area contributed by atoms with Crippen molar-refractivity contribution in [1.82, 2.24) is 4.98 Å². The number of aryl methyl sites for hydroxylation is 1. The van der Waals surface area contributed by atoms with Crippen LogP contribution in [0, 0.1) is 6.92 Å². The molecule has 5 heteroatoms. The van der Waals surface area contributed by atoms with E-state index in [1.807, 2.05) is 0 Å². The minimum atomic E-state index is -1.29. The number of carboxylic acids is 1. The average Bonchev–Trinajstić information content (AvgIpc) is 1.96. The standard InChI is InChI=1S/C7H8N2O3/c1-3-2-4(8)6(10)5(9-3)7(11)12/h2,10H,1H3,(H2,8,9)(H,11,12). The van der Waals surface area contributed by atoms with Gasteiger partial charge in [-0.1, -0.05) is 0 Å². The summed E-state index contributed by atoms with van der Waals surface area (Å²) in [6.07, 6.45) is 0. The van der Waals surface area contributed by atoms with Gasteiger partial charge in [0.2, 0.25) is 0 Å². The molecule has 0 amide bonds. The number of carboxylic acid groups (broad SMARTS) is 1. The zero-order valence-corrected chi connectivity index (χ0v) is 6.40. The maximum absolute atomic E-state index is 10.4. The third-order valence-corrected chi connectivity index (χ3v) is 1.35. The van der Waals surface area contributed by atoms with Gasteiger partial charge < -0.3 is 15.9 Å². The fraction of sp³-hybridized carbons (Fsp3) is 0.143. The lowest BCUT2D eigenvalue weighted by molar-refractivity contribution is 0.0687. The Kier molecular flexibility index (Phi) is 1.86. The summed E-state index contributed by atoms with van der Waals surface area (Å²) >= 11 is 0. The highest BCUT2D eigenvalue weighted by Gasteiger charge is 2.14. The number of aromatic nitrogens is 1. The highest BCUT2D eigenvalue weighted by atomic mass is 16.4. The van der Waals surface area contributed by atoms with Crippen molar-refractivity contribution in [2.24, 2.45) is 0 Å². The Morgan fingerprint density at radius 1 is 1.67 bits per heavy atom. The Labute approximate surface area is 68.5 Å². The van der Waals surface area contributed by atoms with Gasteiger partial charge in [0, 0.05) is 5.69 Å². The predicted molar refractivity (Wildman–Crippen MR) is 42.0 cm³/mol. The van der Waals surface area contributed by atoms with E-state index >= 15 is 0 Å². The fourth-order valence-electron chi connectivity index (χ4n) is 0.841. The molecule has 0 saturated heterocycles. The Balaban J connectivity index is 3.37. The Hall–Kier alpha value is -1.78. The molecular formula is C7H8N2O3. The minimum Gasteiger partial charge on any atom is -0.504 e. The number of anilines is 1. The lowest BCUT2D eigenvalue weighted by Crippen LogP contribution is -2.04. The van der Waals surface area contributed by atoms with E-state index in [1.54, 1.807) is 6.92 Å². The molecule has 1 heterocycles. The van der Waals surface area contributed by atoms with Crippen LogP contribution in [0.2, 0.25) is 0 Å². The van der Waals surface area contributed by atoms with Gasteiger partial charge in [0.1, 0.15) is 0 Å². The van der Waals surface area contributed by atoms with Gasteiger partial charge in [0.05, 0.1) is 5.69 Å². The topological polar surface area (TPSA) is 96.4 Å². The zero-order chi connectivity index (χ0) is 9.30. The molecule has 0 radical (unpaired) electrons. The normalized spacial score (nSPS) is 9.75. The third kappa shape index (κ3) is 1.29. The van der Waals surface area contributed by atoms with Crippen LogP contribution in [0.25, 0.3) is 0 Å². The molecular weight excluding hydrogens is 160 g/mol. The molecule has 0 aliphatic heterocycles. The number of pyridine rings is 1. The Bertz CT molecular complexity index is 336. The number of rotatable bonds is 1. The molecule has 0 spiro atoms. The molecule has 1 aromatic rings. The van der Waals surface area contributed by atoms with E-state index in [4.69, 9.17) is 15.9 Å². The van der Waals surface area contributed by atoms with Crippen molar-refractivity contribution >= 4 is 11.7 Å². The molecule has 0 bridgehead atoms. The third-order valence-electron chi connectivity index (χ3n) is 1.35. The summed E-state index contributed by atoms with van der Waals surface area (Å²) in [5, 5.41) is 17.7. The van der Waals surface area contributed by atoms with Gasteiger partial charge in [-0.25, -0.2) is 9.78 Å². The molecule has 5 nitrogen and oxygen atoms in total. The molecule has 0 aromatic carbocycles. The lowest BCUT2D eigenvalue weighted by atomic mass is 10.2. The second kappa shape index (κ2) is 2.69. The first-order chi connectivity index (χ1) is 5.52. The maximum Gasteiger partial charge on any atom is 0.358 e. The molecule has 4 N–H and O–H groups in total. The summed E-state index contributed by atoms with van der Waals surface area (Å²) < 4.78 is 0. The van der Waals surface area contributed by atoms with Crippen molar-refractivity contribution < 1.29 is 15.0 Å². The van der Waals surface area contributed by atoms with Gasteiger partial charge in [0.15, 0.2) is 11.4 Å². The molecule has 0 aliphatic rings. The molecule has 12 heavy (non-hydrogen) atoms. The second-order valence-electron chi connectivity index (χ2n) is 2.36. The SMILES string of the molecule is Cc1cc(N)c(O)c(C(=O)O)n1. The first-order valence-electron chi connectivity index (χ1n) is 3.21. The van der Waals surface area contributed by atoms with Crippen LogP contribution in [-0.2, 0) is 0 Å². The Morgan fingerprint density at radius 2 is 2.25 bits per heavy atom. The molecule has 0 atom stereocenters. The van der Waals surface area contributed by atoms with Crippen LogP contribution in [0.5, 0.6) is 5.75 Å². The highest BCUT2D eigenvalue weighted by molar-refractivity contribution is 5.90. The van der Waals surface area contributed by atoms with Crippen molar-refractivity contribution in [3.63, 3.8) is 0 Å². The molecule has 1 aromatic heterocycles. The number of nitrogens with zero attached hydrogens (tertiary/aromatic N) is 1. The number of nitrogen functional groups attached to an aromatic ring is 1. The smallest absolute Gasteiger partial charge is 0.358 e. The fourth-order valence-corrected chi connectivity index (χ4v) is 0.841. The zero-order valence-electron chi connectivity index (χ0n) is 6.40. The van der Waals surface area contributed by atoms with Crippen LogP contribution in [0.1, 0.15) is 16.2 Å². The van der Waals surface area contributed by atoms with E-state index in [1.165, 1.54) is 6.07 Å². The number of aromatic carboxylic acids is 1. The monoisotopic (exact) mass is 168 g/mol. The quantitative estimate of drug-likeness (QED) is 0.563. The number of carbonyl (C=O) groups is 1. The maximum atomic E-state index is 10.4. The number of nitrogens with two attached hydrogens (primary N) is 1. The van der Waals surface area contributed by atoms with Crippen LogP contribution in [0.3, 0.4) is 0 Å². The average molecular weight is 168 g/mol. The van der Waals surface area contributed by atoms with Gasteiger partial charge in [-0.3, -0.25) is 0 Å². The summed E-state index contributed by atoms with van der Waals surface area (Å²) in [7, 11) is 0. The van der Waals surface area contributed by atoms with Crippen LogP contribution < -0.4 is 5.73 Å². The van der Waals surface area contributed by atoms with Crippen molar-refractivity contribution in [1.29, 1.82) is 0 Å². The summed E-state index contributed by atoms with van der Waals surface area (Å²) in [6.45, 7) is 1.60. The predicted octanol–water partition coefficient (Wildman–Crippen LogP) is 0.376. The van der Waals surface area contributed by atoms with Crippen LogP contribution in [-0.4, -0.2) is 21.2 Å². The lowest BCUT2D eigenvalue weighted by Gasteiger charge is -2.02. The van der Waals surface area contributed by atoms with E-state index < -0.39 is 17.4 Å². The largest absolute Gasteiger partial charge is 0.504 e. The van der Waals surface area contributed by atoms with Crippen LogP contribution in [0.4, 0.5) is 5.69 Å². The van der Waals surface area contributed by atoms with Gasteiger partial charge in [-0.05, 0) is 13.0 Å². The van der Waals surface area contributed by atoms with E-state index in [0.29, 0.717) is 5.69 Å². The van der Waals surface area contributed by atoms with Crippen molar-refractivity contribution in [3.05, 3.63) is 17.5 Å². The molecule has 0 saturated carbocycles. The highest BCUT2D eigenvalue weighted by Crippen LogP contribution is 2.23. The molecule has 0 unspecified atom stereocenters. The van der Waals surface area contributed by atoms with Crippen molar-refractivity contribution in [2.75, 3.05) is 5.73 Å². The van der Waals surface area contributed by atoms with Crippen LogP contribution in [0.15, 0.2) is 6.07 Å². The van der Waals surface area contributed by atoms with E-state index in [0.717, 1.165) is 0 Å². The van der Waals surface area contributed by atoms with Gasteiger partial charge in [0.25, 0.3) is 0 Å². The number of aromatic hydroxyl groups is 1. The molecule has 0 aliphatic carbocycles. The van der Waals surface area contributed by atoms with E-state index in [9.17, 15) is 4.79 Å². The van der Waals surface area contributed by atoms with Gasteiger partial charge in [-0.2, -0.15) is 0 Å². The summed E-state index contributed by atoms with van der Waals surface area (Å²) in [5.41, 5.74) is 5.38. The number of hydrogen-bond donors (Lipinski definition) is 3. The summed E-state index contributed by atoms with van der Waals surface area (Å²) in [6, 6.07) is 1.40. The Morgan fingerprint density at radius 3 is 2.75 bits per heavy atom. The van der Waals surface area contributed by atoms with Gasteiger partial charge in [-0.15, -0.1) is 0 Å². The molecule has 64 valence electrons. The molecule has 0 fully saturated rings. The van der Waals surface area contributed by atoms with Crippen LogP contribution >= 0.6 is 0 Å². The summed E-state index contributed by atoms with van der Waals surface area (Å²) in [4.78, 5) is 14.1. The molecule has 1 rings (SSSR count). The van der Waals surface area contributed by atoms with E-state index in [2.05, 4.69) is 4.98 Å². The first kappa shape index (κ1) is 8.32. The first-order valence-corrected chi connectivity index (χ1v) is 3.21. The minimum absolute atomic E-state index is 0.0277. The van der Waals surface area contributed by atoms with Crippen molar-refractivity contribution in [3.8, 4) is 5.75 Å². The van der Waals surface area contributed by atoms with Crippen molar-refractivity contribution in [2.45, 2.75) is 6.92 Å². The summed E-state index contributed by atoms with van der Waals surface area (Å²) in [5.74, 6) is -1.77. The number of hydrogen-bond acceptors (Lipinski definition) is 4.